The van der Waals surface area contributed by atoms with Crippen molar-refractivity contribution in [1.29, 1.82) is 0 Å². The first kappa shape index (κ1) is 17.9. The van der Waals surface area contributed by atoms with E-state index in [-0.39, 0.29) is 11.8 Å². The van der Waals surface area contributed by atoms with Gasteiger partial charge < -0.3 is 10.1 Å². The van der Waals surface area contributed by atoms with Crippen molar-refractivity contribution in [3.63, 3.8) is 0 Å². The third-order valence-electron chi connectivity index (χ3n) is 4.75. The van der Waals surface area contributed by atoms with Gasteiger partial charge in [0.05, 0.1) is 13.2 Å². The number of hydrazone groups is 1. The highest BCUT2D eigenvalue weighted by atomic mass is 16.5. The largest absolute Gasteiger partial charge is 0.379 e. The van der Waals surface area contributed by atoms with E-state index in [0.29, 0.717) is 37.1 Å². The van der Waals surface area contributed by atoms with Crippen LogP contribution in [0.3, 0.4) is 0 Å². The van der Waals surface area contributed by atoms with E-state index in [9.17, 15) is 9.59 Å². The van der Waals surface area contributed by atoms with Gasteiger partial charge in [0.1, 0.15) is 5.71 Å². The molecule has 0 saturated carbocycles. The van der Waals surface area contributed by atoms with E-state index in [4.69, 9.17) is 4.74 Å². The van der Waals surface area contributed by atoms with E-state index in [1.165, 1.54) is 0 Å². The van der Waals surface area contributed by atoms with Crippen LogP contribution in [0.5, 0.6) is 0 Å². The minimum atomic E-state index is -0.172. The monoisotopic (exact) mass is 324 g/mol. The summed E-state index contributed by atoms with van der Waals surface area (Å²) in [6.45, 7) is 8.33. The Morgan fingerprint density at radius 2 is 2.00 bits per heavy atom. The third kappa shape index (κ3) is 5.00. The van der Waals surface area contributed by atoms with Crippen molar-refractivity contribution >= 4 is 17.5 Å². The maximum atomic E-state index is 12.3. The second-order valence-electron chi connectivity index (χ2n) is 6.10. The summed E-state index contributed by atoms with van der Waals surface area (Å²) in [5.41, 5.74) is 2.78. The quantitative estimate of drug-likeness (QED) is 0.715. The summed E-state index contributed by atoms with van der Waals surface area (Å²) in [6.07, 6.45) is 2.91. The number of nitrogens with one attached hydrogen (secondary N) is 2. The normalized spacial score (nSPS) is 20.8. The number of hydrogen-bond acceptors (Lipinski definition) is 5. The molecule has 130 valence electrons. The SMILES string of the molecule is CCC(CC)[C@@H](CNC(=O)C1=NNC(=O)CC1)N1CCOCC1. The number of ether oxygens (including phenoxy) is 1. The highest BCUT2D eigenvalue weighted by Crippen LogP contribution is 2.19. The van der Waals surface area contributed by atoms with E-state index >= 15 is 0 Å². The number of amides is 2. The standard InChI is InChI=1S/C16H28N4O3/c1-3-12(4-2)14(20-7-9-23-10-8-20)11-17-16(22)13-5-6-15(21)19-18-13/h12,14H,3-11H2,1-2H3,(H,17,22)(H,19,21)/t14-/m1/s1. The lowest BCUT2D eigenvalue weighted by Crippen LogP contribution is -2.52. The maximum absolute atomic E-state index is 12.3. The molecule has 0 aliphatic carbocycles. The van der Waals surface area contributed by atoms with Gasteiger partial charge in [-0.3, -0.25) is 14.5 Å². The fourth-order valence-electron chi connectivity index (χ4n) is 3.27. The minimum absolute atomic E-state index is 0.134. The van der Waals surface area contributed by atoms with Crippen molar-refractivity contribution in [3.05, 3.63) is 0 Å². The summed E-state index contributed by atoms with van der Waals surface area (Å²) in [7, 11) is 0. The molecule has 2 heterocycles. The zero-order valence-corrected chi connectivity index (χ0v) is 14.1. The third-order valence-corrected chi connectivity index (χ3v) is 4.75. The van der Waals surface area contributed by atoms with Crippen LogP contribution in [-0.4, -0.2) is 61.3 Å². The molecule has 7 heteroatoms. The van der Waals surface area contributed by atoms with Crippen molar-refractivity contribution in [2.24, 2.45) is 11.0 Å². The molecule has 0 radical (unpaired) electrons. The molecule has 0 spiro atoms. The maximum Gasteiger partial charge on any atom is 0.267 e. The van der Waals surface area contributed by atoms with Gasteiger partial charge in [0, 0.05) is 38.5 Å². The van der Waals surface area contributed by atoms with Gasteiger partial charge in [-0.1, -0.05) is 26.7 Å². The Bertz CT molecular complexity index is 443. The Morgan fingerprint density at radius 1 is 1.30 bits per heavy atom. The molecule has 2 amide bonds. The number of hydrogen-bond donors (Lipinski definition) is 2. The Kier molecular flexibility index (Phi) is 6.98. The summed E-state index contributed by atoms with van der Waals surface area (Å²) >= 11 is 0. The molecule has 7 nitrogen and oxygen atoms in total. The fourth-order valence-corrected chi connectivity index (χ4v) is 3.27. The number of carbonyl (C=O) groups excluding carboxylic acids is 2. The van der Waals surface area contributed by atoms with Gasteiger partial charge in [0.15, 0.2) is 0 Å². The predicted molar refractivity (Wildman–Crippen MR) is 88.1 cm³/mol. The van der Waals surface area contributed by atoms with E-state index < -0.39 is 0 Å². The molecule has 2 aliphatic heterocycles. The van der Waals surface area contributed by atoms with Crippen molar-refractivity contribution in [2.75, 3.05) is 32.8 Å². The fraction of sp³-hybridized carbons (Fsp3) is 0.812. The smallest absolute Gasteiger partial charge is 0.267 e. The van der Waals surface area contributed by atoms with Crippen LogP contribution < -0.4 is 10.7 Å². The average molecular weight is 324 g/mol. The van der Waals surface area contributed by atoms with Crippen LogP contribution in [0.15, 0.2) is 5.10 Å². The van der Waals surface area contributed by atoms with Crippen molar-refractivity contribution in [2.45, 2.75) is 45.6 Å². The Morgan fingerprint density at radius 3 is 2.57 bits per heavy atom. The van der Waals surface area contributed by atoms with Crippen molar-refractivity contribution in [1.82, 2.24) is 15.6 Å². The lowest BCUT2D eigenvalue weighted by molar-refractivity contribution is -0.121. The van der Waals surface area contributed by atoms with Crippen LogP contribution in [0.1, 0.15) is 39.5 Å². The van der Waals surface area contributed by atoms with Crippen LogP contribution in [0, 0.1) is 5.92 Å². The molecule has 2 N–H and O–H groups in total. The second-order valence-corrected chi connectivity index (χ2v) is 6.10. The molecule has 1 atom stereocenters. The van der Waals surface area contributed by atoms with E-state index in [2.05, 4.69) is 34.6 Å². The van der Waals surface area contributed by atoms with Crippen molar-refractivity contribution in [3.8, 4) is 0 Å². The average Bonchev–Trinajstić information content (AvgIpc) is 2.59. The first-order valence-corrected chi connectivity index (χ1v) is 8.61. The van der Waals surface area contributed by atoms with Crippen LogP contribution in [0.2, 0.25) is 0 Å². The number of rotatable bonds is 7. The van der Waals surface area contributed by atoms with Gasteiger partial charge in [0.2, 0.25) is 5.91 Å². The molecule has 1 fully saturated rings. The van der Waals surface area contributed by atoms with E-state index in [1.807, 2.05) is 0 Å². The Labute approximate surface area is 137 Å². The predicted octanol–water partition coefficient (Wildman–Crippen LogP) is 0.506. The van der Waals surface area contributed by atoms with Gasteiger partial charge >= 0.3 is 0 Å². The lowest BCUT2D eigenvalue weighted by Gasteiger charge is -2.38. The van der Waals surface area contributed by atoms with Crippen LogP contribution in [-0.2, 0) is 14.3 Å². The van der Waals surface area contributed by atoms with E-state index in [1.54, 1.807) is 0 Å². The van der Waals surface area contributed by atoms with Gasteiger partial charge in [-0.2, -0.15) is 5.10 Å². The number of nitrogens with zero attached hydrogens (tertiary/aromatic N) is 2. The minimum Gasteiger partial charge on any atom is -0.379 e. The molecule has 2 aliphatic rings. The zero-order valence-electron chi connectivity index (χ0n) is 14.1. The molecule has 0 aromatic heterocycles. The summed E-state index contributed by atoms with van der Waals surface area (Å²) in [5, 5.41) is 6.87. The van der Waals surface area contributed by atoms with Crippen molar-refractivity contribution < 1.29 is 14.3 Å². The van der Waals surface area contributed by atoms with Crippen LogP contribution in [0.25, 0.3) is 0 Å². The summed E-state index contributed by atoms with van der Waals surface area (Å²) in [4.78, 5) is 25.8. The Balaban J connectivity index is 1.94. The molecule has 1 saturated heterocycles. The Hall–Kier alpha value is -1.47. The highest BCUT2D eigenvalue weighted by molar-refractivity contribution is 6.39. The van der Waals surface area contributed by atoms with Gasteiger partial charge in [-0.25, -0.2) is 5.43 Å². The summed E-state index contributed by atoms with van der Waals surface area (Å²) in [6, 6.07) is 0.316. The molecular formula is C16H28N4O3. The van der Waals surface area contributed by atoms with E-state index in [0.717, 1.165) is 39.1 Å². The molecule has 2 rings (SSSR count). The number of carbonyl (C=O) groups is 2. The molecule has 23 heavy (non-hydrogen) atoms. The van der Waals surface area contributed by atoms with Gasteiger partial charge in [-0.05, 0) is 5.92 Å². The zero-order chi connectivity index (χ0) is 16.7. The highest BCUT2D eigenvalue weighted by Gasteiger charge is 2.28. The van der Waals surface area contributed by atoms with Gasteiger partial charge in [-0.15, -0.1) is 0 Å². The summed E-state index contributed by atoms with van der Waals surface area (Å²) in [5.74, 6) is 0.236. The first-order chi connectivity index (χ1) is 11.2. The molecule has 0 bridgehead atoms. The molecule has 0 unspecified atom stereocenters. The first-order valence-electron chi connectivity index (χ1n) is 8.61. The van der Waals surface area contributed by atoms with Gasteiger partial charge in [0.25, 0.3) is 5.91 Å². The topological polar surface area (TPSA) is 83.0 Å². The molecule has 0 aromatic rings. The van der Waals surface area contributed by atoms with Crippen LogP contribution in [0.4, 0.5) is 0 Å². The number of morpholine rings is 1. The molecule has 0 aromatic carbocycles. The molecular weight excluding hydrogens is 296 g/mol. The lowest BCUT2D eigenvalue weighted by atomic mass is 9.92. The second kappa shape index (κ2) is 8.98. The van der Waals surface area contributed by atoms with Crippen LogP contribution >= 0.6 is 0 Å². The summed E-state index contributed by atoms with van der Waals surface area (Å²) < 4.78 is 5.44.